The first kappa shape index (κ1) is 18.5. The zero-order valence-electron chi connectivity index (χ0n) is 14.3. The van der Waals surface area contributed by atoms with Gasteiger partial charge in [0, 0.05) is 10.6 Å². The fourth-order valence-corrected chi connectivity index (χ4v) is 3.77. The molecular formula is C20H20ClN2O2S+. The summed E-state index contributed by atoms with van der Waals surface area (Å²) in [5.74, 6) is 0.476. The number of nitrogens with one attached hydrogen (secondary N) is 1. The third kappa shape index (κ3) is 4.64. The van der Waals surface area contributed by atoms with Crippen molar-refractivity contribution in [2.45, 2.75) is 6.04 Å². The lowest BCUT2D eigenvalue weighted by molar-refractivity contribution is -0.675. The number of thiophene rings is 1. The maximum atomic E-state index is 12.5. The number of carbonyl (C=O) groups is 1. The molecule has 0 aliphatic heterocycles. The molecule has 26 heavy (non-hydrogen) atoms. The molecule has 3 rings (SSSR count). The Kier molecular flexibility index (Phi) is 6.28. The lowest BCUT2D eigenvalue weighted by Gasteiger charge is -2.15. The zero-order valence-corrected chi connectivity index (χ0v) is 15.9. The molecule has 134 valence electrons. The lowest BCUT2D eigenvalue weighted by Crippen LogP contribution is -2.87. The van der Waals surface area contributed by atoms with E-state index in [1.165, 1.54) is 10.4 Å². The van der Waals surface area contributed by atoms with E-state index in [0.29, 0.717) is 16.5 Å². The maximum Gasteiger partial charge on any atom is 0.279 e. The molecule has 0 aliphatic rings. The highest BCUT2D eigenvalue weighted by Gasteiger charge is 2.20. The number of quaternary nitrogens is 1. The number of ether oxygens (including phenoxy) is 1. The number of halogens is 1. The smallest absolute Gasteiger partial charge is 0.279 e. The van der Waals surface area contributed by atoms with Crippen molar-refractivity contribution in [2.75, 3.05) is 19.0 Å². The Morgan fingerprint density at radius 2 is 2.00 bits per heavy atom. The minimum atomic E-state index is -0.108. The van der Waals surface area contributed by atoms with Gasteiger partial charge >= 0.3 is 0 Å². The molecule has 0 spiro atoms. The van der Waals surface area contributed by atoms with Crippen LogP contribution in [0.5, 0.6) is 5.75 Å². The molecule has 3 N–H and O–H groups in total. The predicted octanol–water partition coefficient (Wildman–Crippen LogP) is 3.70. The summed E-state index contributed by atoms with van der Waals surface area (Å²) >= 11 is 7.71. The normalized spacial score (nSPS) is 11.8. The van der Waals surface area contributed by atoms with Crippen molar-refractivity contribution in [3.05, 3.63) is 81.5 Å². The Morgan fingerprint density at radius 1 is 1.19 bits per heavy atom. The number of benzene rings is 2. The number of methoxy groups -OCH3 is 1. The molecule has 0 saturated carbocycles. The Hall–Kier alpha value is -2.34. The third-order valence-electron chi connectivity index (χ3n) is 3.98. The van der Waals surface area contributed by atoms with Crippen LogP contribution in [0.1, 0.15) is 16.5 Å². The first-order valence-electron chi connectivity index (χ1n) is 8.22. The summed E-state index contributed by atoms with van der Waals surface area (Å²) in [6, 6.07) is 19.5. The minimum Gasteiger partial charge on any atom is -0.495 e. The van der Waals surface area contributed by atoms with Gasteiger partial charge in [0.1, 0.15) is 11.8 Å². The second-order valence-electron chi connectivity index (χ2n) is 5.74. The first-order chi connectivity index (χ1) is 12.7. The minimum absolute atomic E-state index is 0.0863. The molecule has 0 fully saturated rings. The Bertz CT molecular complexity index is 854. The quantitative estimate of drug-likeness (QED) is 0.649. The van der Waals surface area contributed by atoms with Crippen molar-refractivity contribution in [1.29, 1.82) is 0 Å². The molecule has 2 aromatic carbocycles. The van der Waals surface area contributed by atoms with Gasteiger partial charge in [0.05, 0.1) is 17.7 Å². The third-order valence-corrected chi connectivity index (χ3v) is 5.17. The largest absolute Gasteiger partial charge is 0.495 e. The SMILES string of the molecule is COc1ccc(Cl)cc1NC(=O)C[NH2+][C@@H](c1ccccc1)c1cccs1. The van der Waals surface area contributed by atoms with Crippen molar-refractivity contribution in [1.82, 2.24) is 0 Å². The van der Waals surface area contributed by atoms with Gasteiger partial charge < -0.3 is 15.4 Å². The van der Waals surface area contributed by atoms with Crippen molar-refractivity contribution in [3.8, 4) is 5.75 Å². The zero-order chi connectivity index (χ0) is 18.4. The fraction of sp³-hybridized carbons (Fsp3) is 0.150. The molecule has 0 radical (unpaired) electrons. The molecule has 0 unspecified atom stereocenters. The van der Waals surface area contributed by atoms with E-state index in [1.54, 1.807) is 36.6 Å². The first-order valence-corrected chi connectivity index (χ1v) is 9.48. The number of hydrogen-bond acceptors (Lipinski definition) is 3. The number of anilines is 1. The fourth-order valence-electron chi connectivity index (χ4n) is 2.75. The second-order valence-corrected chi connectivity index (χ2v) is 7.15. The van der Waals surface area contributed by atoms with Crippen LogP contribution < -0.4 is 15.4 Å². The summed E-state index contributed by atoms with van der Waals surface area (Å²) in [5.41, 5.74) is 1.74. The highest BCUT2D eigenvalue weighted by molar-refractivity contribution is 7.10. The lowest BCUT2D eigenvalue weighted by atomic mass is 10.1. The topological polar surface area (TPSA) is 54.9 Å². The summed E-state index contributed by atoms with van der Waals surface area (Å²) in [4.78, 5) is 13.7. The number of carbonyl (C=O) groups excluding carboxylic acids is 1. The highest BCUT2D eigenvalue weighted by Crippen LogP contribution is 2.27. The summed E-state index contributed by atoms with van der Waals surface area (Å²) in [7, 11) is 1.56. The molecule has 1 amide bonds. The Morgan fingerprint density at radius 3 is 2.69 bits per heavy atom. The van der Waals surface area contributed by atoms with E-state index in [-0.39, 0.29) is 18.5 Å². The molecule has 3 aromatic rings. The van der Waals surface area contributed by atoms with Crippen molar-refractivity contribution < 1.29 is 14.8 Å². The standard InChI is InChI=1S/C20H19ClN2O2S/c1-25-17-10-9-15(21)12-16(17)23-19(24)13-22-20(18-8-5-11-26-18)14-6-3-2-4-7-14/h2-12,20,22H,13H2,1H3,(H,23,24)/p+1/t20-/m0/s1. The van der Waals surface area contributed by atoms with E-state index in [1.807, 2.05) is 29.6 Å². The van der Waals surface area contributed by atoms with Crippen LogP contribution in [0, 0.1) is 0 Å². The molecule has 1 aromatic heterocycles. The van der Waals surface area contributed by atoms with Crippen molar-refractivity contribution in [3.63, 3.8) is 0 Å². The Balaban J connectivity index is 1.70. The van der Waals surface area contributed by atoms with Gasteiger partial charge in [-0.25, -0.2) is 0 Å². The predicted molar refractivity (Wildman–Crippen MR) is 106 cm³/mol. The molecule has 6 heteroatoms. The number of hydrogen-bond donors (Lipinski definition) is 2. The summed E-state index contributed by atoms with van der Waals surface area (Å²) in [6.07, 6.45) is 0. The second kappa shape index (κ2) is 8.85. The van der Waals surface area contributed by atoms with Crippen LogP contribution in [0.4, 0.5) is 5.69 Å². The molecule has 0 aliphatic carbocycles. The van der Waals surface area contributed by atoms with Gasteiger partial charge in [0.25, 0.3) is 5.91 Å². The van der Waals surface area contributed by atoms with Gasteiger partial charge in [-0.15, -0.1) is 11.3 Å². The molecule has 0 bridgehead atoms. The van der Waals surface area contributed by atoms with Gasteiger partial charge in [-0.2, -0.15) is 0 Å². The molecule has 0 saturated heterocycles. The van der Waals surface area contributed by atoms with Gasteiger partial charge in [-0.05, 0) is 29.6 Å². The van der Waals surface area contributed by atoms with Crippen LogP contribution in [0.2, 0.25) is 5.02 Å². The average Bonchev–Trinajstić information content (AvgIpc) is 3.17. The van der Waals surface area contributed by atoms with Crippen LogP contribution >= 0.6 is 22.9 Å². The van der Waals surface area contributed by atoms with Gasteiger partial charge in [-0.3, -0.25) is 4.79 Å². The molecule has 1 heterocycles. The van der Waals surface area contributed by atoms with Gasteiger partial charge in [0.15, 0.2) is 6.54 Å². The molecule has 4 nitrogen and oxygen atoms in total. The number of nitrogens with two attached hydrogens (primary N) is 1. The summed E-state index contributed by atoms with van der Waals surface area (Å²) in [5, 5.41) is 7.51. The van der Waals surface area contributed by atoms with Gasteiger partial charge in [-0.1, -0.05) is 48.0 Å². The van der Waals surface area contributed by atoms with E-state index in [2.05, 4.69) is 28.9 Å². The van der Waals surface area contributed by atoms with Crippen molar-refractivity contribution in [2.24, 2.45) is 0 Å². The van der Waals surface area contributed by atoms with E-state index in [4.69, 9.17) is 16.3 Å². The van der Waals surface area contributed by atoms with E-state index < -0.39 is 0 Å². The van der Waals surface area contributed by atoms with Crippen molar-refractivity contribution >= 4 is 34.5 Å². The maximum absolute atomic E-state index is 12.5. The van der Waals surface area contributed by atoms with Crippen LogP contribution in [0.3, 0.4) is 0 Å². The van der Waals surface area contributed by atoms with Gasteiger partial charge in [0.2, 0.25) is 0 Å². The Labute approximate surface area is 161 Å². The average molecular weight is 388 g/mol. The van der Waals surface area contributed by atoms with Crippen LogP contribution in [-0.4, -0.2) is 19.6 Å². The van der Waals surface area contributed by atoms with E-state index >= 15 is 0 Å². The number of amides is 1. The monoisotopic (exact) mass is 387 g/mol. The van der Waals surface area contributed by atoms with Crippen LogP contribution in [0.25, 0.3) is 0 Å². The van der Waals surface area contributed by atoms with Crippen LogP contribution in [0.15, 0.2) is 66.0 Å². The van der Waals surface area contributed by atoms with Crippen LogP contribution in [-0.2, 0) is 4.79 Å². The van der Waals surface area contributed by atoms with E-state index in [0.717, 1.165) is 0 Å². The molecule has 1 atom stereocenters. The molecular weight excluding hydrogens is 368 g/mol. The summed E-state index contributed by atoms with van der Waals surface area (Å²) in [6.45, 7) is 0.285. The van der Waals surface area contributed by atoms with E-state index in [9.17, 15) is 4.79 Å². The number of rotatable bonds is 7. The highest BCUT2D eigenvalue weighted by atomic mass is 35.5. The summed E-state index contributed by atoms with van der Waals surface area (Å²) < 4.78 is 5.27.